The first-order chi connectivity index (χ1) is 5.65. The van der Waals surface area contributed by atoms with Crippen LogP contribution in [-0.4, -0.2) is 22.1 Å². The highest BCUT2D eigenvalue weighted by Gasteiger charge is 2.12. The molecule has 0 fully saturated rings. The van der Waals surface area contributed by atoms with E-state index in [1.165, 1.54) is 11.8 Å². The van der Waals surface area contributed by atoms with Gasteiger partial charge >= 0.3 is 0 Å². The Morgan fingerprint density at radius 2 is 2.50 bits per heavy atom. The van der Waals surface area contributed by atoms with E-state index in [9.17, 15) is 4.79 Å². The molecule has 0 atom stereocenters. The standard InChI is InChI=1S/C7H9ClN2O2/c1-10-3-5(7(8)11)6(9-10)4-12-2/h3H,4H2,1-2H3. The van der Waals surface area contributed by atoms with Gasteiger partial charge < -0.3 is 4.74 Å². The number of methoxy groups -OCH3 is 1. The summed E-state index contributed by atoms with van der Waals surface area (Å²) in [5.41, 5.74) is 0.973. The fourth-order valence-electron chi connectivity index (χ4n) is 0.942. The van der Waals surface area contributed by atoms with Gasteiger partial charge in [0.15, 0.2) is 0 Å². The third-order valence-electron chi connectivity index (χ3n) is 1.40. The number of carbonyl (C=O) groups is 1. The summed E-state index contributed by atoms with van der Waals surface area (Å²) >= 11 is 5.31. The number of ether oxygens (including phenoxy) is 1. The van der Waals surface area contributed by atoms with Gasteiger partial charge in [-0.05, 0) is 11.6 Å². The Balaban J connectivity index is 2.99. The number of halogens is 1. The Labute approximate surface area is 75.1 Å². The zero-order valence-electron chi connectivity index (χ0n) is 6.87. The summed E-state index contributed by atoms with van der Waals surface area (Å²) in [4.78, 5) is 10.8. The van der Waals surface area contributed by atoms with E-state index < -0.39 is 5.24 Å². The highest BCUT2D eigenvalue weighted by molar-refractivity contribution is 6.67. The van der Waals surface area contributed by atoms with Crippen molar-refractivity contribution in [1.82, 2.24) is 9.78 Å². The Morgan fingerprint density at radius 1 is 1.83 bits per heavy atom. The van der Waals surface area contributed by atoms with Crippen molar-refractivity contribution < 1.29 is 9.53 Å². The SMILES string of the molecule is COCc1nn(C)cc1C(=O)Cl. The van der Waals surface area contributed by atoms with Crippen LogP contribution in [0.1, 0.15) is 16.1 Å². The molecule has 5 heteroatoms. The topological polar surface area (TPSA) is 44.1 Å². The lowest BCUT2D eigenvalue weighted by Gasteiger charge is -1.94. The third-order valence-corrected chi connectivity index (χ3v) is 1.60. The van der Waals surface area contributed by atoms with Crippen LogP contribution >= 0.6 is 11.6 Å². The predicted molar refractivity (Wildman–Crippen MR) is 44.1 cm³/mol. The van der Waals surface area contributed by atoms with E-state index in [0.717, 1.165) is 0 Å². The number of rotatable bonds is 3. The van der Waals surface area contributed by atoms with Crippen molar-refractivity contribution >= 4 is 16.8 Å². The summed E-state index contributed by atoms with van der Waals surface area (Å²) in [5, 5.41) is 3.50. The second-order valence-electron chi connectivity index (χ2n) is 2.37. The molecule has 0 aromatic carbocycles. The molecule has 0 saturated carbocycles. The molecule has 1 aromatic rings. The average molecular weight is 189 g/mol. The third kappa shape index (κ3) is 1.84. The Bertz CT molecular complexity index is 296. The molecule has 66 valence electrons. The zero-order valence-corrected chi connectivity index (χ0v) is 7.63. The number of carbonyl (C=O) groups excluding carboxylic acids is 1. The van der Waals surface area contributed by atoms with Gasteiger partial charge in [-0.3, -0.25) is 9.48 Å². The molecule has 0 amide bonds. The maximum atomic E-state index is 10.8. The van der Waals surface area contributed by atoms with Crippen molar-refractivity contribution in [1.29, 1.82) is 0 Å². The van der Waals surface area contributed by atoms with Crippen molar-refractivity contribution in [3.63, 3.8) is 0 Å². The first-order valence-electron chi connectivity index (χ1n) is 3.36. The maximum absolute atomic E-state index is 10.8. The van der Waals surface area contributed by atoms with E-state index >= 15 is 0 Å². The molecule has 0 bridgehead atoms. The summed E-state index contributed by atoms with van der Waals surface area (Å²) in [5.74, 6) is 0. The molecule has 0 saturated heterocycles. The van der Waals surface area contributed by atoms with E-state index in [-0.39, 0.29) is 0 Å². The summed E-state index contributed by atoms with van der Waals surface area (Å²) in [6.45, 7) is 0.300. The van der Waals surface area contributed by atoms with Gasteiger partial charge in [-0.25, -0.2) is 0 Å². The van der Waals surface area contributed by atoms with Gasteiger partial charge in [0.25, 0.3) is 5.24 Å². The van der Waals surface area contributed by atoms with Gasteiger partial charge in [0.1, 0.15) is 5.69 Å². The van der Waals surface area contributed by atoms with Crippen LogP contribution < -0.4 is 0 Å². The van der Waals surface area contributed by atoms with Gasteiger partial charge in [0.05, 0.1) is 12.2 Å². The van der Waals surface area contributed by atoms with Crippen molar-refractivity contribution in [2.45, 2.75) is 6.61 Å². The molecule has 0 spiro atoms. The van der Waals surface area contributed by atoms with Gasteiger partial charge in [0, 0.05) is 20.4 Å². The molecule has 12 heavy (non-hydrogen) atoms. The van der Waals surface area contributed by atoms with Gasteiger partial charge in [-0.2, -0.15) is 5.10 Å². The zero-order chi connectivity index (χ0) is 9.14. The molecule has 0 radical (unpaired) electrons. The molecule has 0 aliphatic carbocycles. The molecule has 0 unspecified atom stereocenters. The minimum atomic E-state index is -0.504. The second-order valence-corrected chi connectivity index (χ2v) is 2.71. The fraction of sp³-hybridized carbons (Fsp3) is 0.429. The Hall–Kier alpha value is -0.870. The lowest BCUT2D eigenvalue weighted by Crippen LogP contribution is -1.96. The minimum Gasteiger partial charge on any atom is -0.378 e. The van der Waals surface area contributed by atoms with Crippen LogP contribution in [0.15, 0.2) is 6.20 Å². The monoisotopic (exact) mass is 188 g/mol. The molecule has 4 nitrogen and oxygen atoms in total. The van der Waals surface area contributed by atoms with E-state index in [2.05, 4.69) is 5.10 Å². The van der Waals surface area contributed by atoms with Gasteiger partial charge in [-0.1, -0.05) is 0 Å². The van der Waals surface area contributed by atoms with Crippen LogP contribution in [0.4, 0.5) is 0 Å². The predicted octanol–water partition coefficient (Wildman–Crippen LogP) is 0.946. The van der Waals surface area contributed by atoms with E-state index in [1.807, 2.05) is 0 Å². The molecule has 1 rings (SSSR count). The second kappa shape index (κ2) is 3.69. The van der Waals surface area contributed by atoms with E-state index in [0.29, 0.717) is 17.9 Å². The molecule has 1 aromatic heterocycles. The number of aromatic nitrogens is 2. The normalized spacial score (nSPS) is 10.2. The van der Waals surface area contributed by atoms with Crippen LogP contribution in [0, 0.1) is 0 Å². The lowest BCUT2D eigenvalue weighted by atomic mass is 10.3. The number of hydrogen-bond acceptors (Lipinski definition) is 3. The molecule has 0 aliphatic heterocycles. The average Bonchev–Trinajstić information content (AvgIpc) is 2.32. The van der Waals surface area contributed by atoms with Gasteiger partial charge in [-0.15, -0.1) is 0 Å². The highest BCUT2D eigenvalue weighted by atomic mass is 35.5. The van der Waals surface area contributed by atoms with Crippen molar-refractivity contribution in [2.24, 2.45) is 7.05 Å². The number of nitrogens with zero attached hydrogens (tertiary/aromatic N) is 2. The molecular formula is C7H9ClN2O2. The van der Waals surface area contributed by atoms with Crippen LogP contribution in [0.3, 0.4) is 0 Å². The quantitative estimate of drug-likeness (QED) is 0.664. The van der Waals surface area contributed by atoms with Crippen molar-refractivity contribution in [3.05, 3.63) is 17.5 Å². The first kappa shape index (κ1) is 9.22. The van der Waals surface area contributed by atoms with E-state index in [4.69, 9.17) is 16.3 Å². The van der Waals surface area contributed by atoms with Crippen LogP contribution in [0.2, 0.25) is 0 Å². The van der Waals surface area contributed by atoms with Crippen LogP contribution in [0.25, 0.3) is 0 Å². The van der Waals surface area contributed by atoms with Crippen LogP contribution in [0.5, 0.6) is 0 Å². The molecule has 1 heterocycles. The largest absolute Gasteiger partial charge is 0.378 e. The fourth-order valence-corrected chi connectivity index (χ4v) is 1.10. The van der Waals surface area contributed by atoms with Crippen molar-refractivity contribution in [2.75, 3.05) is 7.11 Å². The number of aryl methyl sites for hydroxylation is 1. The van der Waals surface area contributed by atoms with Gasteiger partial charge in [0.2, 0.25) is 0 Å². The Morgan fingerprint density at radius 3 is 3.00 bits per heavy atom. The maximum Gasteiger partial charge on any atom is 0.255 e. The first-order valence-corrected chi connectivity index (χ1v) is 3.74. The van der Waals surface area contributed by atoms with E-state index in [1.54, 1.807) is 13.2 Å². The summed E-state index contributed by atoms with van der Waals surface area (Å²) < 4.78 is 6.38. The van der Waals surface area contributed by atoms with Crippen LogP contribution in [-0.2, 0) is 18.4 Å². The summed E-state index contributed by atoms with van der Waals surface area (Å²) in [6.07, 6.45) is 1.57. The Kier molecular flexibility index (Phi) is 2.83. The molecule has 0 aliphatic rings. The number of hydrogen-bond donors (Lipinski definition) is 0. The minimum absolute atomic E-state index is 0.300. The summed E-state index contributed by atoms with van der Waals surface area (Å²) in [7, 11) is 3.26. The lowest BCUT2D eigenvalue weighted by molar-refractivity contribution is 0.107. The smallest absolute Gasteiger partial charge is 0.255 e. The van der Waals surface area contributed by atoms with Crippen molar-refractivity contribution in [3.8, 4) is 0 Å². The molecular weight excluding hydrogens is 180 g/mol. The summed E-state index contributed by atoms with van der Waals surface area (Å²) in [6, 6.07) is 0. The highest BCUT2D eigenvalue weighted by Crippen LogP contribution is 2.10. The molecule has 0 N–H and O–H groups in total.